The minimum absolute atomic E-state index is 0.0726. The van der Waals surface area contributed by atoms with Gasteiger partial charge in [0.05, 0.1) is 5.52 Å². The van der Waals surface area contributed by atoms with E-state index in [1.54, 1.807) is 0 Å². The van der Waals surface area contributed by atoms with E-state index >= 15 is 0 Å². The zero-order valence-corrected chi connectivity index (χ0v) is 8.90. The summed E-state index contributed by atoms with van der Waals surface area (Å²) in [7, 11) is 0. The number of nitrogens with zero attached hydrogens (tertiary/aromatic N) is 1. The fourth-order valence-electron chi connectivity index (χ4n) is 1.79. The number of pyridine rings is 1. The lowest BCUT2D eigenvalue weighted by molar-refractivity contribution is -0.108. The van der Waals surface area contributed by atoms with Gasteiger partial charge in [-0.3, -0.25) is 4.98 Å². The van der Waals surface area contributed by atoms with Crippen LogP contribution in [-0.2, 0) is 4.79 Å². The standard InChI is InChI=1S/C13H13NO/c1-9(8-15)12-7-10(2)14-13-6-4-3-5-11(12)13/h3-9H,1-2H3. The number of hydrogen-bond acceptors (Lipinski definition) is 2. The van der Waals surface area contributed by atoms with E-state index < -0.39 is 0 Å². The van der Waals surface area contributed by atoms with Crippen LogP contribution in [0.15, 0.2) is 30.3 Å². The number of benzene rings is 1. The molecular weight excluding hydrogens is 186 g/mol. The van der Waals surface area contributed by atoms with Gasteiger partial charge in [0.2, 0.25) is 0 Å². The molecule has 0 spiro atoms. The summed E-state index contributed by atoms with van der Waals surface area (Å²) in [5.41, 5.74) is 2.98. The van der Waals surface area contributed by atoms with Crippen molar-refractivity contribution >= 4 is 17.2 Å². The second-order valence-corrected chi connectivity index (χ2v) is 3.79. The Labute approximate surface area is 89.0 Å². The average Bonchev–Trinajstić information content (AvgIpc) is 2.26. The maximum Gasteiger partial charge on any atom is 0.127 e. The predicted molar refractivity (Wildman–Crippen MR) is 61.0 cm³/mol. The molecule has 1 unspecified atom stereocenters. The molecular formula is C13H13NO. The monoisotopic (exact) mass is 199 g/mol. The third kappa shape index (κ3) is 1.75. The number of para-hydroxylation sites is 1. The number of aromatic nitrogens is 1. The molecule has 1 aromatic carbocycles. The fourth-order valence-corrected chi connectivity index (χ4v) is 1.79. The van der Waals surface area contributed by atoms with Crippen molar-refractivity contribution in [2.24, 2.45) is 0 Å². The van der Waals surface area contributed by atoms with E-state index in [0.29, 0.717) is 0 Å². The molecule has 0 bridgehead atoms. The molecule has 2 heteroatoms. The second-order valence-electron chi connectivity index (χ2n) is 3.79. The number of fused-ring (bicyclic) bond motifs is 1. The van der Waals surface area contributed by atoms with Crippen molar-refractivity contribution < 1.29 is 4.79 Å². The van der Waals surface area contributed by atoms with E-state index in [0.717, 1.165) is 28.4 Å². The third-order valence-electron chi connectivity index (χ3n) is 2.57. The summed E-state index contributed by atoms with van der Waals surface area (Å²) in [4.78, 5) is 15.3. The molecule has 1 heterocycles. The Morgan fingerprint density at radius 3 is 2.80 bits per heavy atom. The summed E-state index contributed by atoms with van der Waals surface area (Å²) in [6.45, 7) is 3.86. The summed E-state index contributed by atoms with van der Waals surface area (Å²) < 4.78 is 0. The van der Waals surface area contributed by atoms with Crippen molar-refractivity contribution in [2.45, 2.75) is 19.8 Å². The normalized spacial score (nSPS) is 12.7. The van der Waals surface area contributed by atoms with E-state index in [-0.39, 0.29) is 5.92 Å². The zero-order chi connectivity index (χ0) is 10.8. The Hall–Kier alpha value is -1.70. The number of carbonyl (C=O) groups excluding carboxylic acids is 1. The number of aldehydes is 1. The van der Waals surface area contributed by atoms with Crippen molar-refractivity contribution in [3.8, 4) is 0 Å². The van der Waals surface area contributed by atoms with Crippen LogP contribution in [0.4, 0.5) is 0 Å². The van der Waals surface area contributed by atoms with Crippen molar-refractivity contribution in [2.75, 3.05) is 0 Å². The van der Waals surface area contributed by atoms with E-state index in [9.17, 15) is 4.79 Å². The summed E-state index contributed by atoms with van der Waals surface area (Å²) in [5.74, 6) is -0.0726. The first-order chi connectivity index (χ1) is 7.22. The van der Waals surface area contributed by atoms with E-state index in [1.807, 2.05) is 44.2 Å². The van der Waals surface area contributed by atoms with E-state index in [4.69, 9.17) is 0 Å². The van der Waals surface area contributed by atoms with Gasteiger partial charge in [0.15, 0.2) is 0 Å². The molecule has 2 nitrogen and oxygen atoms in total. The van der Waals surface area contributed by atoms with Crippen molar-refractivity contribution in [1.82, 2.24) is 4.98 Å². The summed E-state index contributed by atoms with van der Waals surface area (Å²) in [6, 6.07) is 9.91. The quantitative estimate of drug-likeness (QED) is 0.696. The first-order valence-electron chi connectivity index (χ1n) is 5.04. The summed E-state index contributed by atoms with van der Waals surface area (Å²) in [6.07, 6.45) is 0.973. The maximum atomic E-state index is 10.8. The number of hydrogen-bond donors (Lipinski definition) is 0. The lowest BCUT2D eigenvalue weighted by Crippen LogP contribution is -1.98. The van der Waals surface area contributed by atoms with Crippen LogP contribution in [0.2, 0.25) is 0 Å². The van der Waals surface area contributed by atoms with Gasteiger partial charge in [-0.05, 0) is 24.6 Å². The lowest BCUT2D eigenvalue weighted by Gasteiger charge is -2.09. The van der Waals surface area contributed by atoms with E-state index in [1.165, 1.54) is 0 Å². The van der Waals surface area contributed by atoms with Crippen LogP contribution in [-0.4, -0.2) is 11.3 Å². The van der Waals surface area contributed by atoms with Crippen LogP contribution in [0.25, 0.3) is 10.9 Å². The van der Waals surface area contributed by atoms with E-state index in [2.05, 4.69) is 4.98 Å². The van der Waals surface area contributed by atoms with Gasteiger partial charge in [-0.25, -0.2) is 0 Å². The molecule has 0 saturated heterocycles. The first kappa shape index (κ1) is 9.84. The second kappa shape index (κ2) is 3.81. The van der Waals surface area contributed by atoms with Gasteiger partial charge in [-0.15, -0.1) is 0 Å². The molecule has 2 rings (SSSR count). The molecule has 0 radical (unpaired) electrons. The molecule has 0 amide bonds. The molecule has 76 valence electrons. The fraction of sp³-hybridized carbons (Fsp3) is 0.231. The lowest BCUT2D eigenvalue weighted by atomic mass is 9.97. The minimum Gasteiger partial charge on any atom is -0.303 e. The number of carbonyl (C=O) groups is 1. The smallest absolute Gasteiger partial charge is 0.127 e. The molecule has 0 saturated carbocycles. The van der Waals surface area contributed by atoms with Gasteiger partial charge >= 0.3 is 0 Å². The van der Waals surface area contributed by atoms with Gasteiger partial charge in [0.1, 0.15) is 6.29 Å². The Morgan fingerprint density at radius 2 is 2.07 bits per heavy atom. The first-order valence-corrected chi connectivity index (χ1v) is 5.04. The van der Waals surface area contributed by atoms with Crippen LogP contribution in [0.5, 0.6) is 0 Å². The Bertz CT molecular complexity index is 505. The van der Waals surface area contributed by atoms with Gasteiger partial charge < -0.3 is 4.79 Å². The Balaban J connectivity index is 2.76. The number of rotatable bonds is 2. The maximum absolute atomic E-state index is 10.8. The molecule has 0 N–H and O–H groups in total. The summed E-state index contributed by atoms with van der Waals surface area (Å²) in [5, 5.41) is 1.07. The molecule has 15 heavy (non-hydrogen) atoms. The van der Waals surface area contributed by atoms with Crippen LogP contribution in [0.3, 0.4) is 0 Å². The van der Waals surface area contributed by atoms with Gasteiger partial charge in [-0.1, -0.05) is 25.1 Å². The molecule has 1 aromatic heterocycles. The molecule has 1 atom stereocenters. The van der Waals surface area contributed by atoms with Crippen molar-refractivity contribution in [3.05, 3.63) is 41.6 Å². The topological polar surface area (TPSA) is 30.0 Å². The average molecular weight is 199 g/mol. The highest BCUT2D eigenvalue weighted by molar-refractivity contribution is 5.85. The molecule has 0 aliphatic carbocycles. The van der Waals surface area contributed by atoms with Crippen molar-refractivity contribution in [1.29, 1.82) is 0 Å². The van der Waals surface area contributed by atoms with Crippen LogP contribution in [0.1, 0.15) is 24.1 Å². The molecule has 0 aliphatic heterocycles. The predicted octanol–water partition coefficient (Wildman–Crippen LogP) is 2.85. The van der Waals surface area contributed by atoms with Crippen LogP contribution >= 0.6 is 0 Å². The van der Waals surface area contributed by atoms with Gasteiger partial charge in [0, 0.05) is 17.0 Å². The zero-order valence-electron chi connectivity index (χ0n) is 8.90. The van der Waals surface area contributed by atoms with Crippen LogP contribution < -0.4 is 0 Å². The third-order valence-corrected chi connectivity index (χ3v) is 2.57. The minimum atomic E-state index is -0.0726. The largest absolute Gasteiger partial charge is 0.303 e. The highest BCUT2D eigenvalue weighted by atomic mass is 16.1. The Kier molecular flexibility index (Phi) is 2.50. The van der Waals surface area contributed by atoms with Gasteiger partial charge in [0.25, 0.3) is 0 Å². The Morgan fingerprint density at radius 1 is 1.33 bits per heavy atom. The number of aryl methyl sites for hydroxylation is 1. The highest BCUT2D eigenvalue weighted by Gasteiger charge is 2.09. The van der Waals surface area contributed by atoms with Gasteiger partial charge in [-0.2, -0.15) is 0 Å². The molecule has 2 aromatic rings. The van der Waals surface area contributed by atoms with Crippen molar-refractivity contribution in [3.63, 3.8) is 0 Å². The molecule has 0 fully saturated rings. The van der Waals surface area contributed by atoms with Crippen LogP contribution in [0, 0.1) is 6.92 Å². The highest BCUT2D eigenvalue weighted by Crippen LogP contribution is 2.23. The SMILES string of the molecule is Cc1cc(C(C)C=O)c2ccccc2n1. The molecule has 0 aliphatic rings. The summed E-state index contributed by atoms with van der Waals surface area (Å²) >= 11 is 0.